The molecular weight excluding hydrogens is 152 g/mol. The SMILES string of the molecule is c1ccc(Oc2ccco2)cc1. The zero-order valence-corrected chi connectivity index (χ0v) is 6.44. The molecule has 2 heteroatoms. The van der Waals surface area contributed by atoms with E-state index in [1.165, 1.54) is 0 Å². The van der Waals surface area contributed by atoms with Gasteiger partial charge in [0.15, 0.2) is 0 Å². The second-order valence-electron chi connectivity index (χ2n) is 2.35. The molecule has 0 spiro atoms. The van der Waals surface area contributed by atoms with E-state index in [1.54, 1.807) is 18.4 Å². The van der Waals surface area contributed by atoms with Crippen molar-refractivity contribution in [3.63, 3.8) is 0 Å². The largest absolute Gasteiger partial charge is 0.434 e. The van der Waals surface area contributed by atoms with E-state index in [9.17, 15) is 0 Å². The first kappa shape index (κ1) is 6.98. The summed E-state index contributed by atoms with van der Waals surface area (Å²) in [5, 5.41) is 0. The molecule has 0 aliphatic carbocycles. The first-order valence-corrected chi connectivity index (χ1v) is 3.71. The smallest absolute Gasteiger partial charge is 0.289 e. The van der Waals surface area contributed by atoms with Crippen molar-refractivity contribution in [1.82, 2.24) is 0 Å². The minimum Gasteiger partial charge on any atom is -0.434 e. The highest BCUT2D eigenvalue weighted by Gasteiger charge is 1.96. The van der Waals surface area contributed by atoms with E-state index in [4.69, 9.17) is 9.15 Å². The van der Waals surface area contributed by atoms with Crippen LogP contribution in [0.25, 0.3) is 0 Å². The van der Waals surface area contributed by atoms with Crippen LogP contribution in [0.4, 0.5) is 0 Å². The van der Waals surface area contributed by atoms with Crippen LogP contribution < -0.4 is 4.74 Å². The van der Waals surface area contributed by atoms with Gasteiger partial charge < -0.3 is 9.15 Å². The summed E-state index contributed by atoms with van der Waals surface area (Å²) in [4.78, 5) is 0. The Hall–Kier alpha value is -1.70. The molecule has 0 fully saturated rings. The average Bonchev–Trinajstić information content (AvgIpc) is 2.59. The fraction of sp³-hybridized carbons (Fsp3) is 0. The first-order valence-electron chi connectivity index (χ1n) is 3.71. The van der Waals surface area contributed by atoms with Crippen molar-refractivity contribution < 1.29 is 9.15 Å². The van der Waals surface area contributed by atoms with Gasteiger partial charge in [0, 0.05) is 6.07 Å². The second-order valence-corrected chi connectivity index (χ2v) is 2.35. The molecule has 0 saturated carbocycles. The predicted octanol–water partition coefficient (Wildman–Crippen LogP) is 3.07. The molecule has 0 bridgehead atoms. The highest BCUT2D eigenvalue weighted by Crippen LogP contribution is 2.20. The van der Waals surface area contributed by atoms with E-state index in [0.717, 1.165) is 5.75 Å². The topological polar surface area (TPSA) is 22.4 Å². The number of hydrogen-bond donors (Lipinski definition) is 0. The lowest BCUT2D eigenvalue weighted by atomic mass is 10.3. The van der Waals surface area contributed by atoms with E-state index in [1.807, 2.05) is 30.3 Å². The number of rotatable bonds is 2. The van der Waals surface area contributed by atoms with Crippen LogP contribution >= 0.6 is 0 Å². The molecule has 0 unspecified atom stereocenters. The van der Waals surface area contributed by atoms with Gasteiger partial charge in [-0.25, -0.2) is 0 Å². The summed E-state index contributed by atoms with van der Waals surface area (Å²) in [7, 11) is 0. The van der Waals surface area contributed by atoms with Crippen LogP contribution in [-0.4, -0.2) is 0 Å². The standard InChI is InChI=1S/C10H8O2/c1-2-5-9(6-3-1)12-10-7-4-8-11-10/h1-8H. The summed E-state index contributed by atoms with van der Waals surface area (Å²) < 4.78 is 10.4. The molecule has 1 aromatic carbocycles. The molecule has 0 amide bonds. The third kappa shape index (κ3) is 1.48. The van der Waals surface area contributed by atoms with Crippen LogP contribution in [0.1, 0.15) is 0 Å². The maximum atomic E-state index is 5.35. The van der Waals surface area contributed by atoms with E-state index in [-0.39, 0.29) is 0 Å². The molecule has 12 heavy (non-hydrogen) atoms. The van der Waals surface area contributed by atoms with Crippen LogP contribution in [-0.2, 0) is 0 Å². The van der Waals surface area contributed by atoms with Gasteiger partial charge in [-0.2, -0.15) is 0 Å². The van der Waals surface area contributed by atoms with Crippen molar-refractivity contribution in [2.45, 2.75) is 0 Å². The minimum atomic E-state index is 0.515. The Morgan fingerprint density at radius 2 is 1.75 bits per heavy atom. The van der Waals surface area contributed by atoms with Gasteiger partial charge in [-0.1, -0.05) is 18.2 Å². The van der Waals surface area contributed by atoms with Gasteiger partial charge in [0.05, 0.1) is 6.26 Å². The number of hydrogen-bond acceptors (Lipinski definition) is 2. The Bertz CT molecular complexity index is 324. The Morgan fingerprint density at radius 3 is 2.42 bits per heavy atom. The van der Waals surface area contributed by atoms with Gasteiger partial charge in [0.25, 0.3) is 5.95 Å². The Labute approximate surface area is 70.4 Å². The van der Waals surface area contributed by atoms with Gasteiger partial charge in [-0.15, -0.1) is 0 Å². The van der Waals surface area contributed by atoms with Crippen LogP contribution in [0, 0.1) is 0 Å². The van der Waals surface area contributed by atoms with E-state index >= 15 is 0 Å². The normalized spacial score (nSPS) is 9.67. The van der Waals surface area contributed by atoms with Crippen LogP contribution in [0.3, 0.4) is 0 Å². The molecule has 2 nitrogen and oxygen atoms in total. The first-order chi connectivity index (χ1) is 5.95. The molecule has 0 atom stereocenters. The minimum absolute atomic E-state index is 0.515. The van der Waals surface area contributed by atoms with Crippen LogP contribution in [0.2, 0.25) is 0 Å². The average molecular weight is 160 g/mol. The lowest BCUT2D eigenvalue weighted by Gasteiger charge is -1.99. The van der Waals surface area contributed by atoms with Crippen molar-refractivity contribution in [3.8, 4) is 11.7 Å². The van der Waals surface area contributed by atoms with E-state index in [0.29, 0.717) is 5.95 Å². The van der Waals surface area contributed by atoms with Gasteiger partial charge in [0.1, 0.15) is 5.75 Å². The van der Waals surface area contributed by atoms with Crippen molar-refractivity contribution in [2.24, 2.45) is 0 Å². The molecule has 2 rings (SSSR count). The molecule has 2 aromatic rings. The third-order valence-electron chi connectivity index (χ3n) is 1.46. The fourth-order valence-corrected chi connectivity index (χ4v) is 0.926. The molecule has 0 N–H and O–H groups in total. The molecule has 0 aliphatic rings. The summed E-state index contributed by atoms with van der Waals surface area (Å²) in [6, 6.07) is 13.1. The van der Waals surface area contributed by atoms with Crippen molar-refractivity contribution in [1.29, 1.82) is 0 Å². The predicted molar refractivity (Wildman–Crippen MR) is 45.2 cm³/mol. The molecule has 1 heterocycles. The lowest BCUT2D eigenvalue weighted by molar-refractivity contribution is 0.347. The molecule has 60 valence electrons. The fourth-order valence-electron chi connectivity index (χ4n) is 0.926. The number of benzene rings is 1. The Kier molecular flexibility index (Phi) is 1.82. The maximum absolute atomic E-state index is 5.35. The second kappa shape index (κ2) is 3.13. The Morgan fingerprint density at radius 1 is 0.917 bits per heavy atom. The van der Waals surface area contributed by atoms with Crippen molar-refractivity contribution in [2.75, 3.05) is 0 Å². The number of furan rings is 1. The third-order valence-corrected chi connectivity index (χ3v) is 1.46. The van der Waals surface area contributed by atoms with Gasteiger partial charge in [0.2, 0.25) is 0 Å². The molecule has 1 aromatic heterocycles. The summed E-state index contributed by atoms with van der Waals surface area (Å²) in [6.07, 6.45) is 1.58. The zero-order chi connectivity index (χ0) is 8.23. The lowest BCUT2D eigenvalue weighted by Crippen LogP contribution is -1.79. The molecule has 0 radical (unpaired) electrons. The number of para-hydroxylation sites is 1. The van der Waals surface area contributed by atoms with Crippen molar-refractivity contribution in [3.05, 3.63) is 48.7 Å². The monoisotopic (exact) mass is 160 g/mol. The highest BCUT2D eigenvalue weighted by molar-refractivity contribution is 5.25. The molecule has 0 saturated heterocycles. The summed E-state index contributed by atoms with van der Waals surface area (Å²) in [5.41, 5.74) is 0. The van der Waals surface area contributed by atoms with Gasteiger partial charge >= 0.3 is 0 Å². The van der Waals surface area contributed by atoms with Crippen molar-refractivity contribution >= 4 is 0 Å². The highest BCUT2D eigenvalue weighted by atomic mass is 16.6. The zero-order valence-electron chi connectivity index (χ0n) is 6.44. The maximum Gasteiger partial charge on any atom is 0.289 e. The Balaban J connectivity index is 2.15. The van der Waals surface area contributed by atoms with Crippen LogP contribution in [0.15, 0.2) is 53.1 Å². The number of ether oxygens (including phenoxy) is 1. The van der Waals surface area contributed by atoms with Gasteiger partial charge in [-0.05, 0) is 18.2 Å². The quantitative estimate of drug-likeness (QED) is 0.673. The van der Waals surface area contributed by atoms with Gasteiger partial charge in [-0.3, -0.25) is 0 Å². The summed E-state index contributed by atoms with van der Waals surface area (Å²) in [6.45, 7) is 0. The summed E-state index contributed by atoms with van der Waals surface area (Å²) >= 11 is 0. The molecule has 0 aliphatic heterocycles. The van der Waals surface area contributed by atoms with Crippen LogP contribution in [0.5, 0.6) is 11.7 Å². The molecular formula is C10H8O2. The van der Waals surface area contributed by atoms with E-state index < -0.39 is 0 Å². The van der Waals surface area contributed by atoms with E-state index in [2.05, 4.69) is 0 Å². The summed E-state index contributed by atoms with van der Waals surface area (Å²) in [5.74, 6) is 1.30.